The van der Waals surface area contributed by atoms with E-state index in [1.807, 2.05) is 25.1 Å². The third-order valence-corrected chi connectivity index (χ3v) is 3.48. The Labute approximate surface area is 110 Å². The Bertz CT molecular complexity index is 359. The van der Waals surface area contributed by atoms with Crippen LogP contribution in [-0.4, -0.2) is 17.3 Å². The highest BCUT2D eigenvalue weighted by Crippen LogP contribution is 2.26. The van der Waals surface area contributed by atoms with Gasteiger partial charge >= 0.3 is 0 Å². The number of nitrogens with two attached hydrogens (primary N) is 1. The Kier molecular flexibility index (Phi) is 5.25. The van der Waals surface area contributed by atoms with Crippen molar-refractivity contribution in [2.45, 2.75) is 31.8 Å². The van der Waals surface area contributed by atoms with Crippen molar-refractivity contribution in [3.63, 3.8) is 0 Å². The number of hydrogen-bond acceptors (Lipinski definition) is 2. The maximum atomic E-state index is 10.3. The van der Waals surface area contributed by atoms with Crippen molar-refractivity contribution in [1.29, 1.82) is 0 Å². The van der Waals surface area contributed by atoms with Gasteiger partial charge in [-0.1, -0.05) is 46.9 Å². The topological polar surface area (TPSA) is 46.2 Å². The van der Waals surface area contributed by atoms with E-state index >= 15 is 0 Å². The second-order valence-electron chi connectivity index (χ2n) is 4.09. The highest BCUT2D eigenvalue weighted by atomic mass is 79.9. The summed E-state index contributed by atoms with van der Waals surface area (Å²) >= 11 is 9.46. The zero-order chi connectivity index (χ0) is 12.2. The quantitative estimate of drug-likeness (QED) is 0.878. The van der Waals surface area contributed by atoms with Gasteiger partial charge in [0.15, 0.2) is 0 Å². The van der Waals surface area contributed by atoms with Crippen molar-refractivity contribution >= 4 is 27.5 Å². The van der Waals surface area contributed by atoms with Gasteiger partial charge in [-0.25, -0.2) is 0 Å². The SMILES string of the molecule is CCCC(O)(CN)Cc1ccc(Br)cc1Cl. The molecule has 1 unspecified atom stereocenters. The van der Waals surface area contributed by atoms with Crippen LogP contribution in [-0.2, 0) is 6.42 Å². The molecule has 0 aromatic heterocycles. The van der Waals surface area contributed by atoms with Crippen molar-refractivity contribution in [2.75, 3.05) is 6.54 Å². The Hall–Kier alpha value is -0.0900. The van der Waals surface area contributed by atoms with E-state index in [1.54, 1.807) is 0 Å². The van der Waals surface area contributed by atoms with Crippen LogP contribution in [0.3, 0.4) is 0 Å². The van der Waals surface area contributed by atoms with Crippen LogP contribution in [0.25, 0.3) is 0 Å². The molecule has 0 fully saturated rings. The molecule has 0 bridgehead atoms. The van der Waals surface area contributed by atoms with Crippen LogP contribution in [0.2, 0.25) is 5.02 Å². The molecule has 3 N–H and O–H groups in total. The Morgan fingerprint density at radius 2 is 2.19 bits per heavy atom. The van der Waals surface area contributed by atoms with Crippen LogP contribution < -0.4 is 5.73 Å². The summed E-state index contributed by atoms with van der Waals surface area (Å²) in [6.07, 6.45) is 2.10. The molecule has 90 valence electrons. The predicted molar refractivity (Wildman–Crippen MR) is 71.8 cm³/mol. The van der Waals surface area contributed by atoms with E-state index in [-0.39, 0.29) is 6.54 Å². The minimum atomic E-state index is -0.841. The van der Waals surface area contributed by atoms with Gasteiger partial charge in [0.1, 0.15) is 0 Å². The van der Waals surface area contributed by atoms with Gasteiger partial charge in [0.05, 0.1) is 5.60 Å². The number of halogens is 2. The third-order valence-electron chi connectivity index (χ3n) is 2.63. The fourth-order valence-corrected chi connectivity index (χ4v) is 2.49. The summed E-state index contributed by atoms with van der Waals surface area (Å²) in [4.78, 5) is 0. The molecular formula is C12H17BrClNO. The van der Waals surface area contributed by atoms with E-state index < -0.39 is 5.60 Å². The molecule has 0 amide bonds. The van der Waals surface area contributed by atoms with Gasteiger partial charge in [-0.05, 0) is 24.1 Å². The monoisotopic (exact) mass is 305 g/mol. The lowest BCUT2D eigenvalue weighted by molar-refractivity contribution is 0.0399. The normalized spacial score (nSPS) is 14.8. The molecule has 1 aromatic rings. The fraction of sp³-hybridized carbons (Fsp3) is 0.500. The largest absolute Gasteiger partial charge is 0.388 e. The minimum absolute atomic E-state index is 0.257. The van der Waals surface area contributed by atoms with Gasteiger partial charge in [0.25, 0.3) is 0 Å². The third kappa shape index (κ3) is 3.74. The molecule has 0 saturated heterocycles. The van der Waals surface area contributed by atoms with E-state index in [4.69, 9.17) is 17.3 Å². The van der Waals surface area contributed by atoms with Crippen LogP contribution in [0.4, 0.5) is 0 Å². The molecule has 1 atom stereocenters. The van der Waals surface area contributed by atoms with Crippen LogP contribution in [0.1, 0.15) is 25.3 Å². The summed E-state index contributed by atoms with van der Waals surface area (Å²) in [5, 5.41) is 10.9. The number of rotatable bonds is 5. The lowest BCUT2D eigenvalue weighted by atomic mass is 9.90. The number of hydrogen-bond donors (Lipinski definition) is 2. The van der Waals surface area contributed by atoms with E-state index in [0.29, 0.717) is 17.9 Å². The molecule has 16 heavy (non-hydrogen) atoms. The van der Waals surface area contributed by atoms with Crippen molar-refractivity contribution in [3.05, 3.63) is 33.3 Å². The zero-order valence-electron chi connectivity index (χ0n) is 9.34. The first-order chi connectivity index (χ1) is 7.50. The summed E-state index contributed by atoms with van der Waals surface area (Å²) < 4.78 is 0.938. The van der Waals surface area contributed by atoms with Gasteiger partial charge in [-0.3, -0.25) is 0 Å². The second-order valence-corrected chi connectivity index (χ2v) is 5.41. The summed E-state index contributed by atoms with van der Waals surface area (Å²) in [6.45, 7) is 2.29. The van der Waals surface area contributed by atoms with E-state index in [2.05, 4.69) is 15.9 Å². The van der Waals surface area contributed by atoms with Crippen molar-refractivity contribution in [2.24, 2.45) is 5.73 Å². The molecule has 1 rings (SSSR count). The zero-order valence-corrected chi connectivity index (χ0v) is 11.7. The molecule has 1 aromatic carbocycles. The van der Waals surface area contributed by atoms with Crippen molar-refractivity contribution < 1.29 is 5.11 Å². The average molecular weight is 307 g/mol. The maximum Gasteiger partial charge on any atom is 0.0809 e. The molecule has 4 heteroatoms. The standard InChI is InChI=1S/C12H17BrClNO/c1-2-5-12(16,8-15)7-9-3-4-10(13)6-11(9)14/h3-4,6,16H,2,5,7-8,15H2,1H3. The Balaban J connectivity index is 2.85. The van der Waals surface area contributed by atoms with Crippen LogP contribution >= 0.6 is 27.5 Å². The molecule has 0 aliphatic carbocycles. The number of aliphatic hydroxyl groups is 1. The molecule has 2 nitrogen and oxygen atoms in total. The lowest BCUT2D eigenvalue weighted by Gasteiger charge is -2.26. The number of benzene rings is 1. The molecule has 0 spiro atoms. The first kappa shape index (κ1) is 14.0. The Morgan fingerprint density at radius 3 is 2.69 bits per heavy atom. The van der Waals surface area contributed by atoms with E-state index in [1.165, 1.54) is 0 Å². The smallest absolute Gasteiger partial charge is 0.0809 e. The first-order valence-corrected chi connectivity index (χ1v) is 6.54. The molecule has 0 aliphatic heterocycles. The maximum absolute atomic E-state index is 10.3. The average Bonchev–Trinajstić information content (AvgIpc) is 2.23. The van der Waals surface area contributed by atoms with Crippen molar-refractivity contribution in [3.8, 4) is 0 Å². The minimum Gasteiger partial charge on any atom is -0.388 e. The van der Waals surface area contributed by atoms with Crippen LogP contribution in [0.15, 0.2) is 22.7 Å². The lowest BCUT2D eigenvalue weighted by Crippen LogP contribution is -2.39. The molecule has 0 radical (unpaired) electrons. The summed E-state index contributed by atoms with van der Waals surface area (Å²) in [6, 6.07) is 5.67. The van der Waals surface area contributed by atoms with Crippen LogP contribution in [0, 0.1) is 0 Å². The van der Waals surface area contributed by atoms with Gasteiger partial charge in [-0.15, -0.1) is 0 Å². The Morgan fingerprint density at radius 1 is 1.50 bits per heavy atom. The molecule has 0 saturated carbocycles. The van der Waals surface area contributed by atoms with Gasteiger partial charge < -0.3 is 10.8 Å². The highest BCUT2D eigenvalue weighted by molar-refractivity contribution is 9.10. The van der Waals surface area contributed by atoms with Crippen LogP contribution in [0.5, 0.6) is 0 Å². The molecular weight excluding hydrogens is 289 g/mol. The first-order valence-electron chi connectivity index (χ1n) is 5.37. The highest BCUT2D eigenvalue weighted by Gasteiger charge is 2.25. The predicted octanol–water partition coefficient (Wildman–Crippen LogP) is 3.13. The van der Waals surface area contributed by atoms with Gasteiger partial charge in [-0.2, -0.15) is 0 Å². The van der Waals surface area contributed by atoms with Gasteiger partial charge in [0, 0.05) is 22.5 Å². The van der Waals surface area contributed by atoms with Gasteiger partial charge in [0.2, 0.25) is 0 Å². The van der Waals surface area contributed by atoms with Crippen molar-refractivity contribution in [1.82, 2.24) is 0 Å². The summed E-state index contributed by atoms with van der Waals surface area (Å²) in [5.41, 5.74) is 5.71. The molecule has 0 aliphatic rings. The summed E-state index contributed by atoms with van der Waals surface area (Å²) in [7, 11) is 0. The van der Waals surface area contributed by atoms with E-state index in [9.17, 15) is 5.11 Å². The summed E-state index contributed by atoms with van der Waals surface area (Å²) in [5.74, 6) is 0. The molecule has 0 heterocycles. The van der Waals surface area contributed by atoms with E-state index in [0.717, 1.165) is 16.5 Å². The fourth-order valence-electron chi connectivity index (χ4n) is 1.75. The second kappa shape index (κ2) is 6.01.